The fourth-order valence-electron chi connectivity index (χ4n) is 6.85. The summed E-state index contributed by atoms with van der Waals surface area (Å²) in [6, 6.07) is 19.3. The van der Waals surface area contributed by atoms with Gasteiger partial charge in [0.05, 0.1) is 26.0 Å². The van der Waals surface area contributed by atoms with Gasteiger partial charge >= 0.3 is 0 Å². The Morgan fingerprint density at radius 3 is 1.21 bits per heavy atom. The van der Waals surface area contributed by atoms with E-state index in [1.165, 1.54) is 0 Å². The van der Waals surface area contributed by atoms with Crippen LogP contribution in [0, 0.1) is 0 Å². The van der Waals surface area contributed by atoms with Crippen LogP contribution in [0.25, 0.3) is 110 Å². The summed E-state index contributed by atoms with van der Waals surface area (Å²) in [6.45, 7) is 0. The van der Waals surface area contributed by atoms with Gasteiger partial charge in [0, 0.05) is 36.9 Å². The average molecular weight is 815 g/mol. The molecule has 0 atom stereocenters. The molecule has 0 amide bonds. The molecule has 3 nitrogen and oxygen atoms in total. The zero-order chi connectivity index (χ0) is 57.1. The fraction of sp³-hybridized carbons (Fsp3) is 0. The Bertz CT molecular complexity index is 4190. The van der Waals surface area contributed by atoms with Crippen molar-refractivity contribution in [1.29, 1.82) is 0 Å². The van der Waals surface area contributed by atoms with E-state index in [0.717, 1.165) is 33.6 Å². The van der Waals surface area contributed by atoms with Crippen LogP contribution in [-0.2, 0) is 0 Å². The highest BCUT2D eigenvalue weighted by Crippen LogP contribution is 2.40. The molecular formula is C57H37N3S. The van der Waals surface area contributed by atoms with Gasteiger partial charge in [-0.15, -0.1) is 11.3 Å². The van der Waals surface area contributed by atoms with Crippen molar-refractivity contribution in [3.8, 4) is 89.8 Å². The quantitative estimate of drug-likeness (QED) is 0.153. The molecule has 0 radical (unpaired) electrons. The van der Waals surface area contributed by atoms with Crippen molar-refractivity contribution in [2.75, 3.05) is 0 Å². The van der Waals surface area contributed by atoms with E-state index in [1.807, 2.05) is 109 Å². The van der Waals surface area contributed by atoms with Crippen molar-refractivity contribution in [3.05, 3.63) is 224 Å². The van der Waals surface area contributed by atoms with Gasteiger partial charge in [-0.05, 0) is 91.9 Å². The van der Waals surface area contributed by atoms with E-state index in [4.69, 9.17) is 28.7 Å². The molecule has 0 unspecified atom stereocenters. The first-order valence-corrected chi connectivity index (χ1v) is 19.8. The summed E-state index contributed by atoms with van der Waals surface area (Å²) in [7, 11) is 0. The molecule has 11 aromatic rings. The molecule has 0 spiro atoms. The summed E-state index contributed by atoms with van der Waals surface area (Å²) in [6.07, 6.45) is 0. The molecule has 4 heteroatoms. The molecule has 11 rings (SSSR count). The lowest BCUT2D eigenvalue weighted by Gasteiger charge is -2.11. The van der Waals surface area contributed by atoms with Crippen LogP contribution in [0.3, 0.4) is 0 Å². The number of thiophene rings is 1. The van der Waals surface area contributed by atoms with Crippen molar-refractivity contribution >= 4 is 31.5 Å². The summed E-state index contributed by atoms with van der Waals surface area (Å²) in [5, 5.41) is -0.422. The zero-order valence-electron chi connectivity index (χ0n) is 50.6. The van der Waals surface area contributed by atoms with Gasteiger partial charge in [0.2, 0.25) is 0 Å². The Morgan fingerprint density at radius 2 is 0.705 bits per heavy atom. The standard InChI is InChI=1S/C57H37N3S/c1-5-13-38(14-6-1)42-21-25-44(26-22-42)55-58-56(45-27-23-43(24-28-45)39-15-7-2-8-16-39)60-57(59-55)47-29-31-51-52-36-46(30-32-53(52)61-54(51)37-47)50-34-48(40-17-9-3-10-18-40)33-49(35-50)41-19-11-4-12-20-41/h1-37H/i3D,4D,9D,10D,11D,12D,17D,18D,19D,20D,29D,30D,31D,32D,33D,34D,35D,36D,37D. The van der Waals surface area contributed by atoms with Crippen molar-refractivity contribution in [1.82, 2.24) is 15.0 Å². The molecule has 61 heavy (non-hydrogen) atoms. The maximum atomic E-state index is 9.85. The molecule has 0 aliphatic carbocycles. The van der Waals surface area contributed by atoms with E-state index in [0.29, 0.717) is 11.1 Å². The van der Waals surface area contributed by atoms with Gasteiger partial charge in [-0.3, -0.25) is 0 Å². The minimum atomic E-state index is -0.941. The SMILES string of the molecule is [2H]c1c([2H])c([2H])c(-c2c([2H])c(-c3c([2H])c([2H])c([2H])c([2H])c3[2H])c([2H])c(-c3c([2H])c([2H])c4sc5c([2H])c(-c6nc(-c7ccc(-c8ccccc8)cc7)nc(-c7ccc(-c8ccccc8)cc7)n6)c([2H])c([2H])c5c4c3[2H])c2[2H])c([2H])c1[2H]. The second-order valence-corrected chi connectivity index (χ2v) is 14.7. The van der Waals surface area contributed by atoms with E-state index in [-0.39, 0.29) is 49.3 Å². The highest BCUT2D eigenvalue weighted by molar-refractivity contribution is 7.25. The van der Waals surface area contributed by atoms with Gasteiger partial charge in [-0.2, -0.15) is 0 Å². The van der Waals surface area contributed by atoms with E-state index < -0.39 is 142 Å². The van der Waals surface area contributed by atoms with Crippen LogP contribution in [0.5, 0.6) is 0 Å². The van der Waals surface area contributed by atoms with Crippen molar-refractivity contribution < 1.29 is 26.0 Å². The van der Waals surface area contributed by atoms with Crippen LogP contribution < -0.4 is 0 Å². The highest BCUT2D eigenvalue weighted by atomic mass is 32.1. The first kappa shape index (κ1) is 21.5. The van der Waals surface area contributed by atoms with Gasteiger partial charge < -0.3 is 0 Å². The largest absolute Gasteiger partial charge is 0.208 e. The molecule has 0 aliphatic heterocycles. The molecule has 0 fully saturated rings. The second kappa shape index (κ2) is 15.8. The Kier molecular flexibility index (Phi) is 5.54. The van der Waals surface area contributed by atoms with Crippen LogP contribution in [0.1, 0.15) is 26.0 Å². The van der Waals surface area contributed by atoms with E-state index >= 15 is 0 Å². The third kappa shape index (κ3) is 7.31. The first-order valence-electron chi connectivity index (χ1n) is 28.5. The Balaban J connectivity index is 1.17. The number of hydrogen-bond donors (Lipinski definition) is 0. The van der Waals surface area contributed by atoms with Crippen LogP contribution in [-0.4, -0.2) is 15.0 Å². The minimum absolute atomic E-state index is 0.0178. The average Bonchev–Trinajstić information content (AvgIpc) is 2.58. The number of rotatable bonds is 8. The Labute approximate surface area is 385 Å². The summed E-state index contributed by atoms with van der Waals surface area (Å²) in [5.74, 6) is 0.233. The molecule has 0 aliphatic rings. The molecule has 2 aromatic heterocycles. The van der Waals surface area contributed by atoms with Crippen molar-refractivity contribution in [2.45, 2.75) is 0 Å². The lowest BCUT2D eigenvalue weighted by Crippen LogP contribution is -2.00. The number of nitrogens with zero attached hydrogens (tertiary/aromatic N) is 3. The van der Waals surface area contributed by atoms with Crippen molar-refractivity contribution in [2.24, 2.45) is 0 Å². The van der Waals surface area contributed by atoms with Gasteiger partial charge in [-0.1, -0.05) is 188 Å². The maximum absolute atomic E-state index is 9.85. The number of fused-ring (bicyclic) bond motifs is 3. The maximum Gasteiger partial charge on any atom is 0.164 e. The Morgan fingerprint density at radius 1 is 0.279 bits per heavy atom. The van der Waals surface area contributed by atoms with Crippen molar-refractivity contribution in [3.63, 3.8) is 0 Å². The van der Waals surface area contributed by atoms with Crippen LogP contribution in [0.2, 0.25) is 0 Å². The monoisotopic (exact) mass is 814 g/mol. The number of benzene rings is 9. The fourth-order valence-corrected chi connectivity index (χ4v) is 7.82. The molecule has 0 saturated carbocycles. The third-order valence-electron chi connectivity index (χ3n) is 9.87. The predicted molar refractivity (Wildman–Crippen MR) is 256 cm³/mol. The molecule has 9 aromatic carbocycles. The Hall–Kier alpha value is -7.79. The highest BCUT2D eigenvalue weighted by Gasteiger charge is 2.16. The van der Waals surface area contributed by atoms with E-state index in [2.05, 4.69) is 0 Å². The smallest absolute Gasteiger partial charge is 0.164 e. The lowest BCUT2D eigenvalue weighted by molar-refractivity contribution is 1.07. The van der Waals surface area contributed by atoms with Gasteiger partial charge in [0.1, 0.15) is 0 Å². The number of hydrogen-bond acceptors (Lipinski definition) is 4. The third-order valence-corrected chi connectivity index (χ3v) is 10.9. The summed E-state index contributed by atoms with van der Waals surface area (Å²) < 4.78 is 172. The lowest BCUT2D eigenvalue weighted by atomic mass is 9.93. The molecule has 2 heterocycles. The van der Waals surface area contributed by atoms with E-state index in [9.17, 15) is 12.3 Å². The van der Waals surface area contributed by atoms with E-state index in [1.54, 1.807) is 0 Å². The van der Waals surface area contributed by atoms with Crippen LogP contribution in [0.4, 0.5) is 0 Å². The molecule has 286 valence electrons. The zero-order valence-corrected chi connectivity index (χ0v) is 32.5. The van der Waals surface area contributed by atoms with Gasteiger partial charge in [0.25, 0.3) is 0 Å². The normalized spacial score (nSPS) is 15.6. The summed E-state index contributed by atoms with van der Waals surface area (Å²) >= 11 is 0.775. The topological polar surface area (TPSA) is 38.7 Å². The number of aromatic nitrogens is 3. The van der Waals surface area contributed by atoms with Gasteiger partial charge in [0.15, 0.2) is 17.5 Å². The van der Waals surface area contributed by atoms with Crippen LogP contribution >= 0.6 is 11.3 Å². The van der Waals surface area contributed by atoms with Crippen LogP contribution in [0.15, 0.2) is 224 Å². The summed E-state index contributed by atoms with van der Waals surface area (Å²) in [4.78, 5) is 14.5. The molecule has 0 N–H and O–H groups in total. The molecular weight excluding hydrogens is 759 g/mol. The molecule has 0 bridgehead atoms. The second-order valence-electron chi connectivity index (χ2n) is 13.7. The summed E-state index contributed by atoms with van der Waals surface area (Å²) in [5.41, 5.74) is 0.353. The first-order chi connectivity index (χ1) is 38.1. The predicted octanol–water partition coefficient (Wildman–Crippen LogP) is 15.6. The van der Waals surface area contributed by atoms with Gasteiger partial charge in [-0.25, -0.2) is 15.0 Å². The minimum Gasteiger partial charge on any atom is -0.208 e. The molecule has 0 saturated heterocycles.